The molecule has 0 spiro atoms. The molecule has 54 valence electrons. The minimum atomic E-state index is -0.944. The molecular formula is C5H9CaNO3. The van der Waals surface area contributed by atoms with Gasteiger partial charge in [-0.2, -0.15) is 0 Å². The van der Waals surface area contributed by atoms with Gasteiger partial charge in [0.2, 0.25) is 5.91 Å². The molecule has 4 nitrogen and oxygen atoms in total. The van der Waals surface area contributed by atoms with Crippen LogP contribution in [-0.2, 0) is 9.59 Å². The van der Waals surface area contributed by atoms with E-state index >= 15 is 0 Å². The van der Waals surface area contributed by atoms with E-state index in [1.807, 2.05) is 0 Å². The molecule has 0 radical (unpaired) electrons. The molecule has 0 aromatic carbocycles. The maximum atomic E-state index is 10.4. The molecule has 1 amide bonds. The number of amides is 1. The fourth-order valence-electron chi connectivity index (χ4n) is 0.799. The molecule has 0 aromatic rings. The van der Waals surface area contributed by atoms with Crippen molar-refractivity contribution in [1.29, 1.82) is 0 Å². The van der Waals surface area contributed by atoms with Gasteiger partial charge in [0.1, 0.15) is 6.04 Å². The van der Waals surface area contributed by atoms with E-state index in [0.29, 0.717) is 12.8 Å². The van der Waals surface area contributed by atoms with Crippen molar-refractivity contribution in [2.24, 2.45) is 0 Å². The minimum absolute atomic E-state index is 0. The van der Waals surface area contributed by atoms with Crippen molar-refractivity contribution in [3.63, 3.8) is 0 Å². The van der Waals surface area contributed by atoms with Gasteiger partial charge in [-0.15, -0.1) is 0 Å². The molecule has 1 unspecified atom stereocenters. The first-order valence-electron chi connectivity index (χ1n) is 2.72. The van der Waals surface area contributed by atoms with E-state index < -0.39 is 12.0 Å². The van der Waals surface area contributed by atoms with Crippen LogP contribution < -0.4 is 5.32 Å². The zero-order valence-corrected chi connectivity index (χ0v) is 4.76. The predicted octanol–water partition coefficient (Wildman–Crippen LogP) is -1.57. The first-order valence-corrected chi connectivity index (χ1v) is 2.72. The Hall–Kier alpha value is 0.200. The van der Waals surface area contributed by atoms with Crippen LogP contribution in [0.2, 0.25) is 0 Å². The van der Waals surface area contributed by atoms with Crippen LogP contribution >= 0.6 is 0 Å². The summed E-state index contributed by atoms with van der Waals surface area (Å²) in [4.78, 5) is 20.5. The van der Waals surface area contributed by atoms with Crippen molar-refractivity contribution in [2.75, 3.05) is 0 Å². The van der Waals surface area contributed by atoms with Gasteiger partial charge < -0.3 is 10.4 Å². The monoisotopic (exact) mass is 171 g/mol. The molecule has 10 heavy (non-hydrogen) atoms. The number of nitrogens with one attached hydrogen (secondary N) is 1. The topological polar surface area (TPSA) is 66.4 Å². The fourth-order valence-corrected chi connectivity index (χ4v) is 0.799. The summed E-state index contributed by atoms with van der Waals surface area (Å²) in [7, 11) is 0. The van der Waals surface area contributed by atoms with E-state index in [1.165, 1.54) is 0 Å². The van der Waals surface area contributed by atoms with Gasteiger partial charge in [0, 0.05) is 6.42 Å². The van der Waals surface area contributed by atoms with Crippen LogP contribution in [0.4, 0.5) is 0 Å². The Morgan fingerprint density at radius 1 is 1.70 bits per heavy atom. The molecule has 0 aromatic heterocycles. The summed E-state index contributed by atoms with van der Waals surface area (Å²) in [6.45, 7) is 0. The summed E-state index contributed by atoms with van der Waals surface area (Å²) in [6.07, 6.45) is 0.769. The summed E-state index contributed by atoms with van der Waals surface area (Å²) in [6, 6.07) is -0.641. The molecule has 1 aliphatic rings. The molecule has 5 heteroatoms. The van der Waals surface area contributed by atoms with Gasteiger partial charge in [0.15, 0.2) is 0 Å². The summed E-state index contributed by atoms with van der Waals surface area (Å²) >= 11 is 0. The van der Waals surface area contributed by atoms with Gasteiger partial charge in [-0.25, -0.2) is 4.79 Å². The third-order valence-corrected chi connectivity index (χ3v) is 1.29. The van der Waals surface area contributed by atoms with E-state index in [-0.39, 0.29) is 43.6 Å². The second kappa shape index (κ2) is 4.16. The van der Waals surface area contributed by atoms with Crippen molar-refractivity contribution in [2.45, 2.75) is 18.9 Å². The van der Waals surface area contributed by atoms with Crippen molar-refractivity contribution in [3.05, 3.63) is 0 Å². The molecular weight excluding hydrogens is 162 g/mol. The number of carboxylic acids is 1. The van der Waals surface area contributed by atoms with Gasteiger partial charge in [0.05, 0.1) is 0 Å². The molecule has 1 rings (SSSR count). The first-order chi connectivity index (χ1) is 4.20. The Balaban J connectivity index is 0.000000810. The Morgan fingerprint density at radius 3 is 2.50 bits per heavy atom. The number of hydrogen-bond acceptors (Lipinski definition) is 2. The van der Waals surface area contributed by atoms with Crippen LogP contribution in [0, 0.1) is 0 Å². The van der Waals surface area contributed by atoms with Gasteiger partial charge in [-0.1, -0.05) is 0 Å². The van der Waals surface area contributed by atoms with E-state index in [4.69, 9.17) is 5.11 Å². The number of hydrogen-bond donors (Lipinski definition) is 2. The van der Waals surface area contributed by atoms with Crippen LogP contribution in [0.25, 0.3) is 0 Å². The zero-order chi connectivity index (χ0) is 6.85. The maximum absolute atomic E-state index is 10.4. The van der Waals surface area contributed by atoms with Gasteiger partial charge in [-0.05, 0) is 6.42 Å². The van der Waals surface area contributed by atoms with Crippen molar-refractivity contribution in [1.82, 2.24) is 5.32 Å². The van der Waals surface area contributed by atoms with Gasteiger partial charge in [0.25, 0.3) is 0 Å². The summed E-state index contributed by atoms with van der Waals surface area (Å²) in [5.74, 6) is -1.11. The van der Waals surface area contributed by atoms with Crippen LogP contribution in [0.15, 0.2) is 0 Å². The van der Waals surface area contributed by atoms with E-state index in [2.05, 4.69) is 5.32 Å². The summed E-state index contributed by atoms with van der Waals surface area (Å²) < 4.78 is 0. The third kappa shape index (κ3) is 2.44. The molecule has 0 saturated carbocycles. The van der Waals surface area contributed by atoms with Gasteiger partial charge in [-0.3, -0.25) is 4.79 Å². The van der Waals surface area contributed by atoms with E-state index in [1.54, 1.807) is 0 Å². The van der Waals surface area contributed by atoms with Crippen LogP contribution in [0.3, 0.4) is 0 Å². The Morgan fingerprint density at radius 2 is 2.30 bits per heavy atom. The summed E-state index contributed by atoms with van der Waals surface area (Å²) in [5.41, 5.74) is 0. The number of aliphatic carboxylic acids is 1. The Labute approximate surface area is 88.0 Å². The predicted molar refractivity (Wildman–Crippen MR) is 37.3 cm³/mol. The van der Waals surface area contributed by atoms with Crippen molar-refractivity contribution < 1.29 is 14.7 Å². The second-order valence-electron chi connectivity index (χ2n) is 2.00. The molecule has 1 atom stereocenters. The van der Waals surface area contributed by atoms with E-state index in [9.17, 15) is 9.59 Å². The van der Waals surface area contributed by atoms with Crippen molar-refractivity contribution in [3.8, 4) is 0 Å². The standard InChI is InChI=1S/C5H7NO3.Ca.2H/c7-4-2-1-3(6-4)5(8)9;;;/h3H,1-2H2,(H,6,7)(H,8,9);;;. The third-order valence-electron chi connectivity index (χ3n) is 1.29. The molecule has 0 aliphatic carbocycles. The number of rotatable bonds is 1. The van der Waals surface area contributed by atoms with Gasteiger partial charge >= 0.3 is 43.7 Å². The average molecular weight is 171 g/mol. The fraction of sp³-hybridized carbons (Fsp3) is 0.600. The van der Waals surface area contributed by atoms with Crippen LogP contribution in [-0.4, -0.2) is 60.8 Å². The van der Waals surface area contributed by atoms with E-state index in [0.717, 1.165) is 0 Å². The molecule has 0 bridgehead atoms. The normalized spacial score (nSPS) is 23.2. The van der Waals surface area contributed by atoms with Crippen LogP contribution in [0.1, 0.15) is 12.8 Å². The second-order valence-corrected chi connectivity index (χ2v) is 2.00. The molecule has 1 heterocycles. The summed E-state index contributed by atoms with van der Waals surface area (Å²) in [5, 5.41) is 10.6. The van der Waals surface area contributed by atoms with Crippen molar-refractivity contribution >= 4 is 49.6 Å². The Bertz CT molecular complexity index is 159. The molecule has 1 fully saturated rings. The molecule has 1 saturated heterocycles. The molecule has 1 aliphatic heterocycles. The first kappa shape index (κ1) is 10.2. The quantitative estimate of drug-likeness (QED) is 0.469. The Kier molecular flexibility index (Phi) is 4.24. The molecule has 2 N–H and O–H groups in total. The zero-order valence-electron chi connectivity index (χ0n) is 4.76. The SMILES string of the molecule is O=C1CCC(C(=O)O)N1.[CaH2]. The van der Waals surface area contributed by atoms with Crippen LogP contribution in [0.5, 0.6) is 0 Å². The number of carbonyl (C=O) groups excluding carboxylic acids is 1. The number of carboxylic acid groups (broad SMARTS) is 1. The average Bonchev–Trinajstić information content (AvgIpc) is 2.14. The number of carbonyl (C=O) groups is 2.